The first-order chi connectivity index (χ1) is 9.60. The van der Waals surface area contributed by atoms with Crippen molar-refractivity contribution >= 4 is 5.97 Å². The summed E-state index contributed by atoms with van der Waals surface area (Å²) in [6.45, 7) is 4.49. The second-order valence-corrected chi connectivity index (χ2v) is 4.65. The van der Waals surface area contributed by atoms with Crippen LogP contribution in [0.15, 0.2) is 34.9 Å². The van der Waals surface area contributed by atoms with Crippen molar-refractivity contribution in [3.8, 4) is 5.75 Å². The number of carbonyl (C=O) groups is 1. The SMILES string of the molecule is CCC(C)c1ccc(OCc2cc(C(=O)O)no2)cc1. The lowest BCUT2D eigenvalue weighted by atomic mass is 9.99. The van der Waals surface area contributed by atoms with E-state index in [1.165, 1.54) is 11.6 Å². The third-order valence-corrected chi connectivity index (χ3v) is 3.22. The standard InChI is InChI=1S/C15H17NO4/c1-3-10(2)11-4-6-12(7-5-11)19-9-13-8-14(15(17)18)16-20-13/h4-8,10H,3,9H2,1-2H3,(H,17,18). The number of carboxylic acid groups (broad SMARTS) is 1. The third kappa shape index (κ3) is 3.38. The molecule has 1 heterocycles. The van der Waals surface area contributed by atoms with Gasteiger partial charge in [-0.15, -0.1) is 0 Å². The number of hydrogen-bond donors (Lipinski definition) is 1. The van der Waals surface area contributed by atoms with Crippen molar-refractivity contribution in [2.75, 3.05) is 0 Å². The molecule has 20 heavy (non-hydrogen) atoms. The van der Waals surface area contributed by atoms with Crippen LogP contribution in [-0.4, -0.2) is 16.2 Å². The first-order valence-corrected chi connectivity index (χ1v) is 6.51. The number of aromatic carboxylic acids is 1. The van der Waals surface area contributed by atoms with Gasteiger partial charge in [0.15, 0.2) is 11.5 Å². The Kier molecular flexibility index (Phi) is 4.40. The number of hydrogen-bond acceptors (Lipinski definition) is 4. The van der Waals surface area contributed by atoms with Crippen LogP contribution >= 0.6 is 0 Å². The second-order valence-electron chi connectivity index (χ2n) is 4.65. The second kappa shape index (κ2) is 6.23. The average molecular weight is 275 g/mol. The number of benzene rings is 1. The average Bonchev–Trinajstić information content (AvgIpc) is 2.94. The zero-order valence-electron chi connectivity index (χ0n) is 11.5. The van der Waals surface area contributed by atoms with Crippen LogP contribution in [0.3, 0.4) is 0 Å². The largest absolute Gasteiger partial charge is 0.486 e. The molecule has 2 rings (SSSR count). The molecule has 0 aliphatic heterocycles. The lowest BCUT2D eigenvalue weighted by Gasteiger charge is -2.10. The van der Waals surface area contributed by atoms with Crippen LogP contribution in [0.5, 0.6) is 5.75 Å². The number of carboxylic acids is 1. The summed E-state index contributed by atoms with van der Waals surface area (Å²) >= 11 is 0. The molecule has 1 aromatic carbocycles. The summed E-state index contributed by atoms with van der Waals surface area (Å²) in [4.78, 5) is 10.7. The first-order valence-electron chi connectivity index (χ1n) is 6.51. The Hall–Kier alpha value is -2.30. The van der Waals surface area contributed by atoms with Gasteiger partial charge in [0.25, 0.3) is 0 Å². The highest BCUT2D eigenvalue weighted by Gasteiger charge is 2.11. The minimum atomic E-state index is -1.11. The van der Waals surface area contributed by atoms with Crippen LogP contribution in [0.1, 0.15) is 48.0 Å². The third-order valence-electron chi connectivity index (χ3n) is 3.22. The van der Waals surface area contributed by atoms with E-state index in [0.29, 0.717) is 17.4 Å². The normalized spacial score (nSPS) is 12.1. The summed E-state index contributed by atoms with van der Waals surface area (Å²) in [5, 5.41) is 12.1. The van der Waals surface area contributed by atoms with Gasteiger partial charge in [-0.05, 0) is 30.0 Å². The summed E-state index contributed by atoms with van der Waals surface area (Å²) in [6.07, 6.45) is 1.09. The van der Waals surface area contributed by atoms with Gasteiger partial charge in [-0.2, -0.15) is 0 Å². The Morgan fingerprint density at radius 1 is 1.40 bits per heavy atom. The van der Waals surface area contributed by atoms with E-state index in [0.717, 1.165) is 6.42 Å². The predicted molar refractivity (Wildman–Crippen MR) is 72.9 cm³/mol. The molecule has 0 spiro atoms. The summed E-state index contributed by atoms with van der Waals surface area (Å²) in [6, 6.07) is 9.22. The highest BCUT2D eigenvalue weighted by molar-refractivity contribution is 5.85. The van der Waals surface area contributed by atoms with E-state index in [-0.39, 0.29) is 12.3 Å². The zero-order chi connectivity index (χ0) is 14.5. The number of aromatic nitrogens is 1. The van der Waals surface area contributed by atoms with Crippen molar-refractivity contribution in [2.45, 2.75) is 32.8 Å². The lowest BCUT2D eigenvalue weighted by Crippen LogP contribution is -1.96. The van der Waals surface area contributed by atoms with Crippen molar-refractivity contribution < 1.29 is 19.2 Å². The molecule has 5 nitrogen and oxygen atoms in total. The monoisotopic (exact) mass is 275 g/mol. The fourth-order valence-electron chi connectivity index (χ4n) is 1.76. The van der Waals surface area contributed by atoms with Gasteiger partial charge in [-0.3, -0.25) is 0 Å². The molecule has 0 aliphatic rings. The van der Waals surface area contributed by atoms with E-state index >= 15 is 0 Å². The van der Waals surface area contributed by atoms with Gasteiger partial charge >= 0.3 is 5.97 Å². The summed E-state index contributed by atoms with van der Waals surface area (Å²) in [5.74, 6) is 0.507. The van der Waals surface area contributed by atoms with Gasteiger partial charge in [-0.1, -0.05) is 31.1 Å². The molecular weight excluding hydrogens is 258 g/mol. The van der Waals surface area contributed by atoms with Crippen molar-refractivity contribution in [1.82, 2.24) is 5.16 Å². The molecular formula is C15H17NO4. The van der Waals surface area contributed by atoms with E-state index in [1.807, 2.05) is 24.3 Å². The van der Waals surface area contributed by atoms with Crippen LogP contribution in [0, 0.1) is 0 Å². The fraction of sp³-hybridized carbons (Fsp3) is 0.333. The molecule has 0 amide bonds. The van der Waals surface area contributed by atoms with E-state index < -0.39 is 5.97 Å². The molecule has 0 bridgehead atoms. The molecule has 1 atom stereocenters. The molecule has 1 aromatic heterocycles. The highest BCUT2D eigenvalue weighted by Crippen LogP contribution is 2.22. The molecule has 5 heteroatoms. The molecule has 0 saturated heterocycles. The number of ether oxygens (including phenoxy) is 1. The lowest BCUT2D eigenvalue weighted by molar-refractivity contribution is 0.0685. The molecule has 0 fully saturated rings. The molecule has 0 saturated carbocycles. The van der Waals surface area contributed by atoms with Crippen molar-refractivity contribution in [3.63, 3.8) is 0 Å². The maximum atomic E-state index is 10.7. The van der Waals surface area contributed by atoms with Gasteiger partial charge in [0, 0.05) is 6.07 Å². The number of nitrogens with zero attached hydrogens (tertiary/aromatic N) is 1. The summed E-state index contributed by atoms with van der Waals surface area (Å²) in [5.41, 5.74) is 1.16. The van der Waals surface area contributed by atoms with Crippen molar-refractivity contribution in [3.05, 3.63) is 47.3 Å². The van der Waals surface area contributed by atoms with E-state index in [9.17, 15) is 4.79 Å². The maximum Gasteiger partial charge on any atom is 0.358 e. The smallest absolute Gasteiger partial charge is 0.358 e. The van der Waals surface area contributed by atoms with E-state index in [1.54, 1.807) is 0 Å². The van der Waals surface area contributed by atoms with E-state index in [4.69, 9.17) is 14.4 Å². The zero-order valence-corrected chi connectivity index (χ0v) is 11.5. The minimum absolute atomic E-state index is 0.115. The van der Waals surface area contributed by atoms with Gasteiger partial charge in [0.05, 0.1) is 0 Å². The Bertz CT molecular complexity index is 574. The van der Waals surface area contributed by atoms with Crippen molar-refractivity contribution in [1.29, 1.82) is 0 Å². The quantitative estimate of drug-likeness (QED) is 0.873. The highest BCUT2D eigenvalue weighted by atomic mass is 16.5. The molecule has 0 aliphatic carbocycles. The van der Waals surface area contributed by atoms with Crippen LogP contribution in [0.2, 0.25) is 0 Å². The molecule has 1 unspecified atom stereocenters. The topological polar surface area (TPSA) is 72.6 Å². The van der Waals surface area contributed by atoms with Crippen LogP contribution in [-0.2, 0) is 6.61 Å². The fourth-order valence-corrected chi connectivity index (χ4v) is 1.76. The Balaban J connectivity index is 1.94. The minimum Gasteiger partial charge on any atom is -0.486 e. The first kappa shape index (κ1) is 14.1. The van der Waals surface area contributed by atoms with E-state index in [2.05, 4.69) is 19.0 Å². The predicted octanol–water partition coefficient (Wildman–Crippen LogP) is 3.47. The molecule has 106 valence electrons. The van der Waals surface area contributed by atoms with Gasteiger partial charge in [0.1, 0.15) is 12.4 Å². The maximum absolute atomic E-state index is 10.7. The van der Waals surface area contributed by atoms with Crippen LogP contribution in [0.4, 0.5) is 0 Å². The van der Waals surface area contributed by atoms with Gasteiger partial charge < -0.3 is 14.4 Å². The van der Waals surface area contributed by atoms with Crippen LogP contribution in [0.25, 0.3) is 0 Å². The Morgan fingerprint density at radius 3 is 2.65 bits per heavy atom. The van der Waals surface area contributed by atoms with Crippen LogP contribution < -0.4 is 4.74 Å². The number of rotatable bonds is 6. The van der Waals surface area contributed by atoms with Gasteiger partial charge in [-0.25, -0.2) is 4.79 Å². The molecule has 1 N–H and O–H groups in total. The Morgan fingerprint density at radius 2 is 2.10 bits per heavy atom. The van der Waals surface area contributed by atoms with Gasteiger partial charge in [0.2, 0.25) is 0 Å². The summed E-state index contributed by atoms with van der Waals surface area (Å²) in [7, 11) is 0. The summed E-state index contributed by atoms with van der Waals surface area (Å²) < 4.78 is 10.4. The molecule has 2 aromatic rings. The van der Waals surface area contributed by atoms with Crippen molar-refractivity contribution in [2.24, 2.45) is 0 Å². The Labute approximate surface area is 117 Å². The molecule has 0 radical (unpaired) electrons.